The highest BCUT2D eigenvalue weighted by molar-refractivity contribution is 6.11. The van der Waals surface area contributed by atoms with Crippen molar-refractivity contribution in [1.29, 1.82) is 0 Å². The van der Waals surface area contributed by atoms with Crippen LogP contribution in [-0.4, -0.2) is 84.5 Å². The molecule has 4 amide bonds. The minimum Gasteiger partial charge on any atom is -0.497 e. The number of carbonyl (C=O) groups excluding carboxylic acids is 4. The van der Waals surface area contributed by atoms with Gasteiger partial charge in [0.25, 0.3) is 0 Å². The molecule has 1 saturated carbocycles. The Bertz CT molecular complexity index is 952. The van der Waals surface area contributed by atoms with E-state index >= 15 is 0 Å². The number of amides is 4. The van der Waals surface area contributed by atoms with E-state index in [0.29, 0.717) is 44.1 Å². The zero-order chi connectivity index (χ0) is 24.3. The van der Waals surface area contributed by atoms with Crippen LogP contribution in [-0.2, 0) is 24.5 Å². The second-order valence-corrected chi connectivity index (χ2v) is 9.24. The van der Waals surface area contributed by atoms with Crippen molar-refractivity contribution in [2.45, 2.75) is 56.9 Å². The lowest BCUT2D eigenvalue weighted by atomic mass is 9.75. The molecule has 0 radical (unpaired) electrons. The number of imide groups is 1. The third-order valence-electron chi connectivity index (χ3n) is 7.27. The van der Waals surface area contributed by atoms with Crippen molar-refractivity contribution >= 4 is 23.8 Å². The summed E-state index contributed by atoms with van der Waals surface area (Å²) >= 11 is 0. The SMILES string of the molecule is CCOC(=O)N1CCN(C(=O)C[C@@]2(c3cccc(OC)c3)CC(=O)N(C3CCCC3)C2=O)CC1. The van der Waals surface area contributed by atoms with Crippen LogP contribution in [0, 0.1) is 0 Å². The topological polar surface area (TPSA) is 96.5 Å². The predicted molar refractivity (Wildman–Crippen MR) is 123 cm³/mol. The van der Waals surface area contributed by atoms with Gasteiger partial charge in [-0.05, 0) is 37.5 Å². The summed E-state index contributed by atoms with van der Waals surface area (Å²) in [6.07, 6.45) is 3.13. The largest absolute Gasteiger partial charge is 0.497 e. The number of benzene rings is 1. The maximum absolute atomic E-state index is 13.9. The molecule has 0 N–H and O–H groups in total. The van der Waals surface area contributed by atoms with Crippen molar-refractivity contribution in [3.8, 4) is 5.75 Å². The molecule has 4 rings (SSSR count). The van der Waals surface area contributed by atoms with E-state index in [1.165, 1.54) is 4.90 Å². The summed E-state index contributed by atoms with van der Waals surface area (Å²) in [5.41, 5.74) is -0.618. The Morgan fingerprint density at radius 2 is 1.74 bits per heavy atom. The molecule has 2 saturated heterocycles. The quantitative estimate of drug-likeness (QED) is 0.591. The van der Waals surface area contributed by atoms with Gasteiger partial charge in [-0.15, -0.1) is 0 Å². The van der Waals surface area contributed by atoms with E-state index in [4.69, 9.17) is 9.47 Å². The normalized spacial score (nSPS) is 23.5. The standard InChI is InChI=1S/C25H33N3O6/c1-3-34-24(32)27-13-11-26(12-14-27)21(29)16-25(18-7-6-10-20(15-18)33-2)17-22(30)28(23(25)31)19-8-4-5-9-19/h6-7,10,15,19H,3-5,8-9,11-14,16-17H2,1-2H3/t25-/m0/s1. The highest BCUT2D eigenvalue weighted by Crippen LogP contribution is 2.43. The summed E-state index contributed by atoms with van der Waals surface area (Å²) in [5.74, 6) is -0.108. The molecule has 0 aromatic heterocycles. The monoisotopic (exact) mass is 471 g/mol. The zero-order valence-corrected chi connectivity index (χ0v) is 20.0. The lowest BCUT2D eigenvalue weighted by Crippen LogP contribution is -2.52. The lowest BCUT2D eigenvalue weighted by molar-refractivity contribution is -0.145. The van der Waals surface area contributed by atoms with Crippen LogP contribution < -0.4 is 4.74 Å². The molecule has 0 unspecified atom stereocenters. The molecule has 1 atom stereocenters. The predicted octanol–water partition coefficient (Wildman–Crippen LogP) is 2.33. The molecule has 3 aliphatic rings. The Hall–Kier alpha value is -3.10. The van der Waals surface area contributed by atoms with Crippen LogP contribution in [0.15, 0.2) is 24.3 Å². The highest BCUT2D eigenvalue weighted by atomic mass is 16.6. The van der Waals surface area contributed by atoms with Gasteiger partial charge in [0.2, 0.25) is 17.7 Å². The minimum absolute atomic E-state index is 0.0238. The number of likely N-dealkylation sites (tertiary alicyclic amines) is 1. The number of rotatable bonds is 6. The van der Waals surface area contributed by atoms with Gasteiger partial charge in [0.1, 0.15) is 5.75 Å². The van der Waals surface area contributed by atoms with Gasteiger partial charge in [0, 0.05) is 45.1 Å². The fourth-order valence-electron chi connectivity index (χ4n) is 5.40. The van der Waals surface area contributed by atoms with Crippen LogP contribution in [0.5, 0.6) is 5.75 Å². The zero-order valence-electron chi connectivity index (χ0n) is 20.0. The smallest absolute Gasteiger partial charge is 0.409 e. The average Bonchev–Trinajstić information content (AvgIpc) is 3.46. The first kappa shape index (κ1) is 24.0. The first-order valence-corrected chi connectivity index (χ1v) is 12.1. The Morgan fingerprint density at radius 1 is 1.06 bits per heavy atom. The van der Waals surface area contributed by atoms with Crippen molar-refractivity contribution in [3.05, 3.63) is 29.8 Å². The van der Waals surface area contributed by atoms with E-state index < -0.39 is 5.41 Å². The number of hydrogen-bond acceptors (Lipinski definition) is 6. The van der Waals surface area contributed by atoms with Gasteiger partial charge in [-0.2, -0.15) is 0 Å². The second-order valence-electron chi connectivity index (χ2n) is 9.24. The summed E-state index contributed by atoms with van der Waals surface area (Å²) in [4.78, 5) is 57.1. The van der Waals surface area contributed by atoms with E-state index in [0.717, 1.165) is 25.7 Å². The van der Waals surface area contributed by atoms with Gasteiger partial charge in [0.05, 0.1) is 19.1 Å². The number of hydrogen-bond donors (Lipinski definition) is 0. The second kappa shape index (κ2) is 10.0. The minimum atomic E-state index is -1.25. The third kappa shape index (κ3) is 4.48. The van der Waals surface area contributed by atoms with Gasteiger partial charge in [-0.25, -0.2) is 4.79 Å². The van der Waals surface area contributed by atoms with E-state index in [-0.39, 0.29) is 42.7 Å². The fraction of sp³-hybridized carbons (Fsp3) is 0.600. The van der Waals surface area contributed by atoms with Gasteiger partial charge < -0.3 is 19.3 Å². The molecule has 1 aliphatic carbocycles. The van der Waals surface area contributed by atoms with E-state index in [2.05, 4.69) is 0 Å². The van der Waals surface area contributed by atoms with Crippen LogP contribution in [0.4, 0.5) is 4.79 Å². The van der Waals surface area contributed by atoms with E-state index in [1.54, 1.807) is 48.1 Å². The van der Waals surface area contributed by atoms with Crippen LogP contribution >= 0.6 is 0 Å². The van der Waals surface area contributed by atoms with Crippen molar-refractivity contribution in [3.63, 3.8) is 0 Å². The highest BCUT2D eigenvalue weighted by Gasteiger charge is 2.56. The molecular weight excluding hydrogens is 438 g/mol. The van der Waals surface area contributed by atoms with Crippen LogP contribution in [0.25, 0.3) is 0 Å². The Morgan fingerprint density at radius 3 is 2.38 bits per heavy atom. The first-order valence-electron chi connectivity index (χ1n) is 12.1. The van der Waals surface area contributed by atoms with Crippen molar-refractivity contribution in [1.82, 2.24) is 14.7 Å². The van der Waals surface area contributed by atoms with Gasteiger partial charge in [-0.3, -0.25) is 19.3 Å². The number of nitrogens with zero attached hydrogens (tertiary/aromatic N) is 3. The fourth-order valence-corrected chi connectivity index (χ4v) is 5.40. The Kier molecular flexibility index (Phi) is 7.09. The molecule has 3 fully saturated rings. The molecule has 2 heterocycles. The van der Waals surface area contributed by atoms with Crippen molar-refractivity contribution in [2.75, 3.05) is 39.9 Å². The van der Waals surface area contributed by atoms with Crippen molar-refractivity contribution < 1.29 is 28.7 Å². The molecule has 1 aromatic rings. The molecule has 0 spiro atoms. The summed E-state index contributed by atoms with van der Waals surface area (Å²) in [5, 5.41) is 0. The molecule has 9 heteroatoms. The van der Waals surface area contributed by atoms with E-state index in [9.17, 15) is 19.2 Å². The van der Waals surface area contributed by atoms with Gasteiger partial charge >= 0.3 is 6.09 Å². The Labute approximate surface area is 200 Å². The number of ether oxygens (including phenoxy) is 2. The molecule has 34 heavy (non-hydrogen) atoms. The summed E-state index contributed by atoms with van der Waals surface area (Å²) in [6.45, 7) is 3.52. The summed E-state index contributed by atoms with van der Waals surface area (Å²) in [7, 11) is 1.55. The maximum atomic E-state index is 13.9. The van der Waals surface area contributed by atoms with E-state index in [1.807, 2.05) is 0 Å². The first-order chi connectivity index (χ1) is 16.4. The summed E-state index contributed by atoms with van der Waals surface area (Å²) < 4.78 is 10.4. The van der Waals surface area contributed by atoms with Crippen LogP contribution in [0.1, 0.15) is 51.0 Å². The van der Waals surface area contributed by atoms with Crippen LogP contribution in [0.3, 0.4) is 0 Å². The maximum Gasteiger partial charge on any atom is 0.409 e. The molecule has 0 bridgehead atoms. The molecule has 9 nitrogen and oxygen atoms in total. The Balaban J connectivity index is 1.57. The lowest BCUT2D eigenvalue weighted by Gasteiger charge is -2.36. The molecule has 184 valence electrons. The molecule has 1 aromatic carbocycles. The van der Waals surface area contributed by atoms with Gasteiger partial charge in [-0.1, -0.05) is 25.0 Å². The van der Waals surface area contributed by atoms with Crippen molar-refractivity contribution in [2.24, 2.45) is 0 Å². The number of methoxy groups -OCH3 is 1. The molecule has 2 aliphatic heterocycles. The number of piperazine rings is 1. The van der Waals surface area contributed by atoms with Crippen LogP contribution in [0.2, 0.25) is 0 Å². The summed E-state index contributed by atoms with van der Waals surface area (Å²) in [6, 6.07) is 7.04. The average molecular weight is 472 g/mol. The molecular formula is C25H33N3O6. The number of carbonyl (C=O) groups is 4. The van der Waals surface area contributed by atoms with Gasteiger partial charge in [0.15, 0.2) is 0 Å². The third-order valence-corrected chi connectivity index (χ3v) is 7.27.